The van der Waals surface area contributed by atoms with E-state index in [1.807, 2.05) is 13.8 Å². The maximum atomic E-state index is 13.2. The van der Waals surface area contributed by atoms with E-state index < -0.39 is 11.9 Å². The number of esters is 1. The summed E-state index contributed by atoms with van der Waals surface area (Å²) in [6.45, 7) is 11.8. The largest absolute Gasteiger partial charge is 0.504 e. The summed E-state index contributed by atoms with van der Waals surface area (Å²) in [4.78, 5) is 26.2. The Kier molecular flexibility index (Phi) is 6.06. The maximum Gasteiger partial charge on any atom is 0.337 e. The van der Waals surface area contributed by atoms with Crippen molar-refractivity contribution in [2.45, 2.75) is 46.5 Å². The fourth-order valence-electron chi connectivity index (χ4n) is 4.23. The molecule has 1 heterocycles. The van der Waals surface area contributed by atoms with Crippen molar-refractivity contribution in [3.05, 3.63) is 59.0 Å². The number of dihydropyridines is 1. The molecule has 0 saturated carbocycles. The molecule has 1 aromatic rings. The molecule has 0 spiro atoms. The number of rotatable bonds is 6. The predicted octanol–water partition coefficient (Wildman–Crippen LogP) is 4.12. The van der Waals surface area contributed by atoms with E-state index in [-0.39, 0.29) is 23.6 Å². The quantitative estimate of drug-likeness (QED) is 0.541. The van der Waals surface area contributed by atoms with E-state index in [1.54, 1.807) is 12.1 Å². The highest BCUT2D eigenvalue weighted by molar-refractivity contribution is 6.04. The van der Waals surface area contributed by atoms with Gasteiger partial charge in [-0.2, -0.15) is 0 Å². The first-order chi connectivity index (χ1) is 14.2. The second kappa shape index (κ2) is 8.38. The molecule has 1 atom stereocenters. The number of benzene rings is 1. The van der Waals surface area contributed by atoms with Crippen LogP contribution in [-0.4, -0.2) is 30.1 Å². The SMILES string of the molecule is C=CCOC(=O)C1=C(C)NC2=C(C(=O)CC(C)(C)C2)[C@@H]1c1ccc(O)c(OCC)c1. The number of phenolic OH excluding ortho intramolecular Hbond substituents is 1. The average molecular weight is 411 g/mol. The van der Waals surface area contributed by atoms with Crippen LogP contribution in [0.1, 0.15) is 52.0 Å². The lowest BCUT2D eigenvalue weighted by atomic mass is 9.68. The summed E-state index contributed by atoms with van der Waals surface area (Å²) < 4.78 is 10.9. The van der Waals surface area contributed by atoms with Crippen LogP contribution in [0.25, 0.3) is 0 Å². The van der Waals surface area contributed by atoms with Gasteiger partial charge in [0.05, 0.1) is 12.2 Å². The Morgan fingerprint density at radius 3 is 2.77 bits per heavy atom. The fraction of sp³-hybridized carbons (Fsp3) is 0.417. The van der Waals surface area contributed by atoms with Crippen LogP contribution in [0.4, 0.5) is 0 Å². The van der Waals surface area contributed by atoms with Gasteiger partial charge in [-0.3, -0.25) is 4.79 Å². The van der Waals surface area contributed by atoms with Gasteiger partial charge in [-0.05, 0) is 43.4 Å². The minimum atomic E-state index is -0.595. The summed E-state index contributed by atoms with van der Waals surface area (Å²) in [5, 5.41) is 13.4. The Morgan fingerprint density at radius 2 is 2.10 bits per heavy atom. The molecule has 0 amide bonds. The monoisotopic (exact) mass is 411 g/mol. The third-order valence-corrected chi connectivity index (χ3v) is 5.41. The van der Waals surface area contributed by atoms with Gasteiger partial charge in [-0.25, -0.2) is 4.79 Å². The van der Waals surface area contributed by atoms with Crippen LogP contribution in [0.5, 0.6) is 11.5 Å². The lowest BCUT2D eigenvalue weighted by Gasteiger charge is -2.39. The molecule has 2 N–H and O–H groups in total. The van der Waals surface area contributed by atoms with Crippen molar-refractivity contribution in [2.75, 3.05) is 13.2 Å². The number of phenols is 1. The molecule has 0 saturated heterocycles. The van der Waals surface area contributed by atoms with E-state index in [4.69, 9.17) is 9.47 Å². The topological polar surface area (TPSA) is 84.9 Å². The van der Waals surface area contributed by atoms with Crippen LogP contribution in [0.3, 0.4) is 0 Å². The van der Waals surface area contributed by atoms with Gasteiger partial charge in [-0.15, -0.1) is 0 Å². The van der Waals surface area contributed by atoms with Gasteiger partial charge >= 0.3 is 5.97 Å². The van der Waals surface area contributed by atoms with Crippen molar-refractivity contribution in [1.82, 2.24) is 5.32 Å². The second-order valence-corrected chi connectivity index (χ2v) is 8.48. The fourth-order valence-corrected chi connectivity index (χ4v) is 4.23. The molecule has 1 aliphatic heterocycles. The Morgan fingerprint density at radius 1 is 1.37 bits per heavy atom. The molecule has 6 nitrogen and oxygen atoms in total. The predicted molar refractivity (Wildman–Crippen MR) is 114 cm³/mol. The van der Waals surface area contributed by atoms with Crippen molar-refractivity contribution in [2.24, 2.45) is 5.41 Å². The number of ketones is 1. The summed E-state index contributed by atoms with van der Waals surface area (Å²) >= 11 is 0. The number of nitrogens with one attached hydrogen (secondary N) is 1. The number of aromatic hydroxyl groups is 1. The summed E-state index contributed by atoms with van der Waals surface area (Å²) in [5.74, 6) is -0.763. The molecular formula is C24H29NO5. The molecule has 3 rings (SSSR count). The van der Waals surface area contributed by atoms with Gasteiger partial charge in [0.2, 0.25) is 0 Å². The molecule has 30 heavy (non-hydrogen) atoms. The number of hydrogen-bond acceptors (Lipinski definition) is 6. The highest BCUT2D eigenvalue weighted by Gasteiger charge is 2.43. The molecule has 160 valence electrons. The van der Waals surface area contributed by atoms with Gasteiger partial charge in [0.1, 0.15) is 6.61 Å². The maximum absolute atomic E-state index is 13.2. The third-order valence-electron chi connectivity index (χ3n) is 5.41. The van der Waals surface area contributed by atoms with Crippen molar-refractivity contribution in [1.29, 1.82) is 0 Å². The molecule has 1 aromatic carbocycles. The van der Waals surface area contributed by atoms with Crippen LogP contribution < -0.4 is 10.1 Å². The number of carbonyl (C=O) groups is 2. The molecule has 2 aliphatic rings. The smallest absolute Gasteiger partial charge is 0.337 e. The van der Waals surface area contributed by atoms with E-state index in [9.17, 15) is 14.7 Å². The standard InChI is InChI=1S/C24H29NO5/c1-6-10-30-23(28)20-14(3)25-16-12-24(4,5)13-18(27)22(16)21(20)15-8-9-17(26)19(11-15)29-7-2/h6,8-9,11,21,25-26H,1,7,10,12-13H2,2-5H3/t21-/m1/s1. The summed E-state index contributed by atoms with van der Waals surface area (Å²) in [6.07, 6.45) is 2.60. The zero-order chi connectivity index (χ0) is 22.1. The lowest BCUT2D eigenvalue weighted by molar-refractivity contribution is -0.138. The Bertz CT molecular complexity index is 954. The minimum Gasteiger partial charge on any atom is -0.504 e. The van der Waals surface area contributed by atoms with E-state index in [1.165, 1.54) is 12.1 Å². The van der Waals surface area contributed by atoms with E-state index >= 15 is 0 Å². The molecule has 0 bridgehead atoms. The van der Waals surface area contributed by atoms with Crippen LogP contribution in [0, 0.1) is 5.41 Å². The zero-order valence-corrected chi connectivity index (χ0v) is 18.0. The highest BCUT2D eigenvalue weighted by atomic mass is 16.5. The number of hydrogen-bond donors (Lipinski definition) is 2. The number of allylic oxidation sites excluding steroid dienone is 3. The molecule has 0 fully saturated rings. The van der Waals surface area contributed by atoms with Gasteiger partial charge < -0.3 is 19.9 Å². The lowest BCUT2D eigenvalue weighted by Crippen LogP contribution is -2.38. The molecule has 0 unspecified atom stereocenters. The first-order valence-corrected chi connectivity index (χ1v) is 10.2. The molecule has 0 aromatic heterocycles. The molecule has 1 aliphatic carbocycles. The normalized spacial score (nSPS) is 20.4. The van der Waals surface area contributed by atoms with Crippen LogP contribution in [0.2, 0.25) is 0 Å². The van der Waals surface area contributed by atoms with Crippen molar-refractivity contribution in [3.8, 4) is 11.5 Å². The minimum absolute atomic E-state index is 0.00584. The van der Waals surface area contributed by atoms with Crippen molar-refractivity contribution < 1.29 is 24.2 Å². The van der Waals surface area contributed by atoms with E-state index in [2.05, 4.69) is 25.7 Å². The Labute approximate surface area is 177 Å². The zero-order valence-electron chi connectivity index (χ0n) is 18.0. The number of Topliss-reactive ketones (excluding diaryl/α,β-unsaturated/α-hetero) is 1. The third kappa shape index (κ3) is 4.13. The summed E-state index contributed by atoms with van der Waals surface area (Å²) in [7, 11) is 0. The number of carbonyl (C=O) groups excluding carboxylic acids is 2. The van der Waals surface area contributed by atoms with Crippen LogP contribution >= 0.6 is 0 Å². The van der Waals surface area contributed by atoms with Crippen LogP contribution in [0.15, 0.2) is 53.4 Å². The summed E-state index contributed by atoms with van der Waals surface area (Å²) in [6, 6.07) is 4.95. The first kappa shape index (κ1) is 21.7. The first-order valence-electron chi connectivity index (χ1n) is 10.2. The van der Waals surface area contributed by atoms with Gasteiger partial charge in [0.25, 0.3) is 0 Å². The second-order valence-electron chi connectivity index (χ2n) is 8.48. The molecule has 0 radical (unpaired) electrons. The Hall–Kier alpha value is -3.02. The highest BCUT2D eigenvalue weighted by Crippen LogP contribution is 2.47. The van der Waals surface area contributed by atoms with E-state index in [0.717, 1.165) is 5.70 Å². The van der Waals surface area contributed by atoms with Crippen molar-refractivity contribution in [3.63, 3.8) is 0 Å². The van der Waals surface area contributed by atoms with Gasteiger partial charge in [-0.1, -0.05) is 32.6 Å². The molecule has 6 heteroatoms. The van der Waals surface area contributed by atoms with Crippen molar-refractivity contribution >= 4 is 11.8 Å². The van der Waals surface area contributed by atoms with E-state index in [0.29, 0.717) is 47.6 Å². The average Bonchev–Trinajstić information content (AvgIpc) is 2.66. The van der Waals surface area contributed by atoms with Crippen LogP contribution in [-0.2, 0) is 14.3 Å². The van der Waals surface area contributed by atoms with Gasteiger partial charge in [0, 0.05) is 29.3 Å². The number of ether oxygens (including phenoxy) is 2. The molecular weight excluding hydrogens is 382 g/mol. The van der Waals surface area contributed by atoms with Gasteiger partial charge in [0.15, 0.2) is 17.3 Å². The Balaban J connectivity index is 2.17. The summed E-state index contributed by atoms with van der Waals surface area (Å²) in [5.41, 5.74) is 2.99.